The van der Waals surface area contributed by atoms with E-state index in [4.69, 9.17) is 4.52 Å². The Hall–Kier alpha value is -3.92. The molecule has 35 heavy (non-hydrogen) atoms. The first-order valence-electron chi connectivity index (χ1n) is 11.5. The van der Waals surface area contributed by atoms with Gasteiger partial charge in [-0.1, -0.05) is 25.9 Å². The van der Waals surface area contributed by atoms with Crippen molar-refractivity contribution in [1.82, 2.24) is 15.0 Å². The van der Waals surface area contributed by atoms with E-state index in [0.29, 0.717) is 28.6 Å². The minimum Gasteiger partial charge on any atom is -0.368 e. The predicted molar refractivity (Wildman–Crippen MR) is 136 cm³/mol. The first-order chi connectivity index (χ1) is 16.7. The zero-order valence-corrected chi connectivity index (χ0v) is 20.5. The van der Waals surface area contributed by atoms with Gasteiger partial charge in [0.05, 0.1) is 11.9 Å². The highest BCUT2D eigenvalue weighted by Crippen LogP contribution is 2.24. The third-order valence-corrected chi connectivity index (χ3v) is 5.74. The molecule has 184 valence electrons. The monoisotopic (exact) mass is 477 g/mol. The zero-order chi connectivity index (χ0) is 25.0. The molecule has 0 bridgehead atoms. The number of amides is 3. The van der Waals surface area contributed by atoms with Crippen molar-refractivity contribution in [3.63, 3.8) is 0 Å². The number of aromatic nitrogens is 2. The molecule has 0 saturated carbocycles. The lowest BCUT2D eigenvalue weighted by molar-refractivity contribution is 0.102. The van der Waals surface area contributed by atoms with E-state index < -0.39 is 6.03 Å². The number of rotatable bonds is 5. The van der Waals surface area contributed by atoms with Gasteiger partial charge in [0.1, 0.15) is 11.5 Å². The number of anilines is 4. The Balaban J connectivity index is 1.29. The number of hydrogen-bond acceptors (Lipinski definition) is 7. The molecule has 10 heteroatoms. The lowest BCUT2D eigenvalue weighted by atomic mass is 9.93. The van der Waals surface area contributed by atoms with E-state index in [1.165, 1.54) is 0 Å². The van der Waals surface area contributed by atoms with Gasteiger partial charge >= 0.3 is 6.03 Å². The molecule has 1 aromatic carbocycles. The van der Waals surface area contributed by atoms with Crippen molar-refractivity contribution < 1.29 is 14.1 Å². The number of carbonyl (C=O) groups is 2. The van der Waals surface area contributed by atoms with Crippen molar-refractivity contribution >= 4 is 34.8 Å². The molecule has 2 aromatic heterocycles. The average molecular weight is 478 g/mol. The van der Waals surface area contributed by atoms with Crippen molar-refractivity contribution in [3.8, 4) is 0 Å². The SMILES string of the molecule is CN1CCN(c2ccc(C(=O)Nc3ccc(NC(=O)Nc4cc(C(C)(C)C)on4)cc3)nc2)CC1. The Morgan fingerprint density at radius 2 is 1.57 bits per heavy atom. The van der Waals surface area contributed by atoms with Crippen LogP contribution < -0.4 is 20.9 Å². The molecule has 0 aliphatic carbocycles. The Morgan fingerprint density at radius 3 is 2.14 bits per heavy atom. The van der Waals surface area contributed by atoms with Gasteiger partial charge in [0, 0.05) is 49.0 Å². The number of likely N-dealkylation sites (N-methyl/N-ethyl adjacent to an activating group) is 1. The smallest absolute Gasteiger partial charge is 0.324 e. The van der Waals surface area contributed by atoms with E-state index in [1.54, 1.807) is 42.6 Å². The largest absolute Gasteiger partial charge is 0.368 e. The minimum atomic E-state index is -0.444. The summed E-state index contributed by atoms with van der Waals surface area (Å²) in [5.74, 6) is 0.716. The summed E-state index contributed by atoms with van der Waals surface area (Å²) in [6, 6.07) is 11.7. The normalized spacial score (nSPS) is 14.5. The topological polar surface area (TPSA) is 116 Å². The van der Waals surface area contributed by atoms with E-state index in [-0.39, 0.29) is 11.3 Å². The summed E-state index contributed by atoms with van der Waals surface area (Å²) < 4.78 is 5.27. The van der Waals surface area contributed by atoms with Gasteiger partial charge in [-0.25, -0.2) is 9.78 Å². The summed E-state index contributed by atoms with van der Waals surface area (Å²) in [5, 5.41) is 12.1. The van der Waals surface area contributed by atoms with E-state index in [1.807, 2.05) is 26.8 Å². The molecule has 3 aromatic rings. The maximum atomic E-state index is 12.6. The molecule has 1 saturated heterocycles. The molecule has 4 rings (SSSR count). The van der Waals surface area contributed by atoms with Gasteiger partial charge in [-0.3, -0.25) is 10.1 Å². The fraction of sp³-hybridized carbons (Fsp3) is 0.360. The molecule has 0 unspecified atom stereocenters. The molecule has 0 atom stereocenters. The van der Waals surface area contributed by atoms with E-state index in [2.05, 4.69) is 42.9 Å². The van der Waals surface area contributed by atoms with Gasteiger partial charge in [-0.15, -0.1) is 0 Å². The third kappa shape index (κ3) is 6.36. The maximum Gasteiger partial charge on any atom is 0.324 e. The van der Waals surface area contributed by atoms with Crippen LogP contribution >= 0.6 is 0 Å². The number of urea groups is 1. The van der Waals surface area contributed by atoms with Crippen LogP contribution in [0.1, 0.15) is 37.0 Å². The summed E-state index contributed by atoms with van der Waals surface area (Å²) in [5.41, 5.74) is 2.31. The lowest BCUT2D eigenvalue weighted by Crippen LogP contribution is -2.44. The molecule has 10 nitrogen and oxygen atoms in total. The molecule has 3 amide bonds. The lowest BCUT2D eigenvalue weighted by Gasteiger charge is -2.33. The van der Waals surface area contributed by atoms with Crippen LogP contribution in [-0.2, 0) is 5.41 Å². The van der Waals surface area contributed by atoms with Crippen molar-refractivity contribution in [2.24, 2.45) is 0 Å². The fourth-order valence-corrected chi connectivity index (χ4v) is 3.57. The summed E-state index contributed by atoms with van der Waals surface area (Å²) in [4.78, 5) is 33.7. The van der Waals surface area contributed by atoms with Gasteiger partial charge in [0.15, 0.2) is 5.82 Å². The Bertz CT molecular complexity index is 1160. The number of pyridine rings is 1. The Labute approximate surface area is 204 Å². The molecular weight excluding hydrogens is 446 g/mol. The van der Waals surface area contributed by atoms with Crippen LogP contribution in [0.15, 0.2) is 53.2 Å². The molecule has 1 aliphatic rings. The van der Waals surface area contributed by atoms with Crippen LogP contribution in [0.3, 0.4) is 0 Å². The number of hydrogen-bond donors (Lipinski definition) is 3. The second kappa shape index (κ2) is 10.1. The predicted octanol–water partition coefficient (Wildman–Crippen LogP) is 4.02. The molecular formula is C25H31N7O3. The first-order valence-corrected chi connectivity index (χ1v) is 11.5. The number of nitrogens with zero attached hydrogens (tertiary/aromatic N) is 4. The third-order valence-electron chi connectivity index (χ3n) is 5.74. The van der Waals surface area contributed by atoms with E-state index >= 15 is 0 Å². The second-order valence-electron chi connectivity index (χ2n) is 9.63. The zero-order valence-electron chi connectivity index (χ0n) is 20.5. The van der Waals surface area contributed by atoms with Crippen molar-refractivity contribution in [1.29, 1.82) is 0 Å². The van der Waals surface area contributed by atoms with E-state index in [9.17, 15) is 9.59 Å². The molecule has 1 aliphatic heterocycles. The van der Waals surface area contributed by atoms with Gasteiger partial charge < -0.3 is 25.0 Å². The second-order valence-corrected chi connectivity index (χ2v) is 9.63. The minimum absolute atomic E-state index is 0.203. The van der Waals surface area contributed by atoms with Crippen LogP contribution in [0.5, 0.6) is 0 Å². The fourth-order valence-electron chi connectivity index (χ4n) is 3.57. The van der Waals surface area contributed by atoms with Crippen molar-refractivity contribution in [2.45, 2.75) is 26.2 Å². The van der Waals surface area contributed by atoms with Crippen LogP contribution in [0.4, 0.5) is 27.7 Å². The van der Waals surface area contributed by atoms with Crippen LogP contribution in [0.25, 0.3) is 0 Å². The van der Waals surface area contributed by atoms with Crippen molar-refractivity contribution in [2.75, 3.05) is 54.1 Å². The molecule has 0 radical (unpaired) electrons. The summed E-state index contributed by atoms with van der Waals surface area (Å²) in [6.45, 7) is 9.89. The number of nitrogens with one attached hydrogen (secondary N) is 3. The highest BCUT2D eigenvalue weighted by Gasteiger charge is 2.20. The molecule has 0 spiro atoms. The molecule has 3 N–H and O–H groups in total. The Kier molecular flexibility index (Phi) is 7.02. The summed E-state index contributed by atoms with van der Waals surface area (Å²) >= 11 is 0. The van der Waals surface area contributed by atoms with E-state index in [0.717, 1.165) is 31.9 Å². The van der Waals surface area contributed by atoms with Crippen LogP contribution in [-0.4, -0.2) is 60.2 Å². The van der Waals surface area contributed by atoms with Crippen molar-refractivity contribution in [3.05, 3.63) is 60.1 Å². The van der Waals surface area contributed by atoms with Gasteiger partial charge in [0.2, 0.25) is 0 Å². The molecule has 1 fully saturated rings. The number of piperazine rings is 1. The quantitative estimate of drug-likeness (QED) is 0.508. The van der Waals surface area contributed by atoms with Gasteiger partial charge in [0.25, 0.3) is 5.91 Å². The summed E-state index contributed by atoms with van der Waals surface area (Å²) in [6.07, 6.45) is 1.74. The van der Waals surface area contributed by atoms with Gasteiger partial charge in [-0.05, 0) is 43.4 Å². The molecule has 3 heterocycles. The van der Waals surface area contributed by atoms with Gasteiger partial charge in [-0.2, -0.15) is 0 Å². The summed E-state index contributed by atoms with van der Waals surface area (Å²) in [7, 11) is 2.11. The maximum absolute atomic E-state index is 12.6. The van der Waals surface area contributed by atoms with Crippen LogP contribution in [0.2, 0.25) is 0 Å². The average Bonchev–Trinajstić information content (AvgIpc) is 3.30. The highest BCUT2D eigenvalue weighted by atomic mass is 16.5. The van der Waals surface area contributed by atoms with Crippen LogP contribution in [0, 0.1) is 0 Å². The highest BCUT2D eigenvalue weighted by molar-refractivity contribution is 6.03. The Morgan fingerprint density at radius 1 is 0.914 bits per heavy atom. The standard InChI is InChI=1S/C25H31N7O3/c1-25(2,3)21-15-22(30-35-21)29-24(34)28-18-7-5-17(6-8-18)27-23(33)20-10-9-19(16-26-20)32-13-11-31(4)12-14-32/h5-10,15-16H,11-14H2,1-4H3,(H,27,33)(H2,28,29,30,34). The number of benzene rings is 1. The first kappa shape index (κ1) is 24.2. The number of carbonyl (C=O) groups excluding carboxylic acids is 2.